The van der Waals surface area contributed by atoms with Crippen LogP contribution in [-0.2, 0) is 0 Å². The topological polar surface area (TPSA) is 49.8 Å². The van der Waals surface area contributed by atoms with E-state index in [1.165, 1.54) is 11.1 Å². The molecule has 0 saturated heterocycles. The number of benzene rings is 1. The molecule has 0 aliphatic carbocycles. The zero-order valence-electron chi connectivity index (χ0n) is 12.6. The summed E-state index contributed by atoms with van der Waals surface area (Å²) < 4.78 is 0. The van der Waals surface area contributed by atoms with Gasteiger partial charge in [0.05, 0.1) is 0 Å². The Bertz CT molecular complexity index is 580. The highest BCUT2D eigenvalue weighted by Gasteiger charge is 2.04. The van der Waals surface area contributed by atoms with Crippen LogP contribution in [0.5, 0.6) is 0 Å². The van der Waals surface area contributed by atoms with E-state index in [0.717, 1.165) is 17.9 Å². The van der Waals surface area contributed by atoms with E-state index in [1.54, 1.807) is 6.20 Å². The first-order valence-corrected chi connectivity index (χ1v) is 7.02. The van der Waals surface area contributed by atoms with Crippen LogP contribution in [0.25, 0.3) is 0 Å². The van der Waals surface area contributed by atoms with Gasteiger partial charge in [-0.05, 0) is 44.9 Å². The molecule has 0 bridgehead atoms. The predicted molar refractivity (Wildman–Crippen MR) is 84.6 cm³/mol. The molecule has 0 saturated carbocycles. The van der Waals surface area contributed by atoms with E-state index >= 15 is 0 Å². The second-order valence-corrected chi connectivity index (χ2v) is 5.16. The van der Waals surface area contributed by atoms with Crippen LogP contribution in [0.2, 0.25) is 0 Å². The number of aryl methyl sites for hydroxylation is 2. The normalized spacial score (nSPS) is 12.0. The van der Waals surface area contributed by atoms with Crippen molar-refractivity contribution in [3.05, 3.63) is 41.6 Å². The first-order valence-electron chi connectivity index (χ1n) is 7.02. The van der Waals surface area contributed by atoms with Gasteiger partial charge in [0, 0.05) is 17.9 Å². The molecule has 0 amide bonds. The lowest BCUT2D eigenvalue weighted by molar-refractivity contribution is 0.758. The van der Waals surface area contributed by atoms with Crippen molar-refractivity contribution < 1.29 is 0 Å². The molecule has 2 rings (SSSR count). The molecule has 1 aromatic carbocycles. The number of rotatable bonds is 5. The Kier molecular flexibility index (Phi) is 4.56. The minimum Gasteiger partial charge on any atom is -0.367 e. The van der Waals surface area contributed by atoms with Gasteiger partial charge in [-0.3, -0.25) is 0 Å². The van der Waals surface area contributed by atoms with Crippen LogP contribution in [0.3, 0.4) is 0 Å². The minimum atomic E-state index is 0.402. The Labute approximate surface area is 120 Å². The van der Waals surface area contributed by atoms with Crippen molar-refractivity contribution in [3.63, 3.8) is 0 Å². The van der Waals surface area contributed by atoms with Crippen molar-refractivity contribution >= 4 is 17.5 Å². The van der Waals surface area contributed by atoms with Crippen molar-refractivity contribution in [2.24, 2.45) is 0 Å². The van der Waals surface area contributed by atoms with Crippen LogP contribution in [-0.4, -0.2) is 16.0 Å². The number of hydrogen-bond donors (Lipinski definition) is 2. The van der Waals surface area contributed by atoms with Crippen LogP contribution in [0.1, 0.15) is 31.4 Å². The van der Waals surface area contributed by atoms with Crippen molar-refractivity contribution in [1.82, 2.24) is 9.97 Å². The monoisotopic (exact) mass is 270 g/mol. The van der Waals surface area contributed by atoms with Gasteiger partial charge in [0.25, 0.3) is 0 Å². The van der Waals surface area contributed by atoms with Crippen LogP contribution >= 0.6 is 0 Å². The highest BCUT2D eigenvalue weighted by molar-refractivity contribution is 5.59. The second kappa shape index (κ2) is 6.37. The average Bonchev–Trinajstić information content (AvgIpc) is 2.42. The van der Waals surface area contributed by atoms with Gasteiger partial charge in [-0.15, -0.1) is 0 Å². The molecule has 0 aliphatic heterocycles. The van der Waals surface area contributed by atoms with E-state index in [0.29, 0.717) is 12.0 Å². The first-order chi connectivity index (χ1) is 9.58. The van der Waals surface area contributed by atoms with Crippen LogP contribution in [0, 0.1) is 13.8 Å². The Balaban J connectivity index is 2.15. The van der Waals surface area contributed by atoms with Crippen molar-refractivity contribution in [2.75, 3.05) is 10.6 Å². The fourth-order valence-corrected chi connectivity index (χ4v) is 1.93. The summed E-state index contributed by atoms with van der Waals surface area (Å²) in [4.78, 5) is 8.76. The van der Waals surface area contributed by atoms with Gasteiger partial charge >= 0.3 is 0 Å². The van der Waals surface area contributed by atoms with Gasteiger partial charge in [0.2, 0.25) is 5.95 Å². The molecule has 106 valence electrons. The number of aromatic nitrogens is 2. The summed E-state index contributed by atoms with van der Waals surface area (Å²) in [6, 6.07) is 8.57. The van der Waals surface area contributed by atoms with Crippen molar-refractivity contribution in [2.45, 2.75) is 40.2 Å². The zero-order valence-corrected chi connectivity index (χ0v) is 12.6. The Morgan fingerprint density at radius 1 is 1.20 bits per heavy atom. The quantitative estimate of drug-likeness (QED) is 0.860. The lowest BCUT2D eigenvalue weighted by atomic mass is 10.1. The Morgan fingerprint density at radius 3 is 2.70 bits per heavy atom. The Hall–Kier alpha value is -2.10. The molecule has 0 radical (unpaired) electrons. The van der Waals surface area contributed by atoms with E-state index < -0.39 is 0 Å². The van der Waals surface area contributed by atoms with Crippen LogP contribution < -0.4 is 10.6 Å². The molecule has 1 atom stereocenters. The molecule has 20 heavy (non-hydrogen) atoms. The average molecular weight is 270 g/mol. The molecular formula is C16H22N4. The standard InChI is InChI=1S/C16H22N4/c1-5-13(4)18-15-8-9-17-16(20-15)19-14-7-6-11(2)10-12(14)3/h6-10,13H,5H2,1-4H3,(H2,17,18,19,20). The fourth-order valence-electron chi connectivity index (χ4n) is 1.93. The molecule has 4 nitrogen and oxygen atoms in total. The molecular weight excluding hydrogens is 248 g/mol. The number of nitrogens with one attached hydrogen (secondary N) is 2. The summed E-state index contributed by atoms with van der Waals surface area (Å²) in [6.45, 7) is 8.45. The summed E-state index contributed by atoms with van der Waals surface area (Å²) in [6.07, 6.45) is 2.83. The van der Waals surface area contributed by atoms with Crippen LogP contribution in [0.15, 0.2) is 30.5 Å². The lowest BCUT2D eigenvalue weighted by Crippen LogP contribution is -2.15. The summed E-state index contributed by atoms with van der Waals surface area (Å²) in [5.41, 5.74) is 3.48. The molecule has 1 aromatic heterocycles. The fraction of sp³-hybridized carbons (Fsp3) is 0.375. The highest BCUT2D eigenvalue weighted by atomic mass is 15.1. The predicted octanol–water partition coefficient (Wildman–Crippen LogP) is 4.05. The molecule has 2 aromatic rings. The number of nitrogens with zero attached hydrogens (tertiary/aromatic N) is 2. The first kappa shape index (κ1) is 14.3. The molecule has 0 aliphatic rings. The van der Waals surface area contributed by atoms with Gasteiger partial charge < -0.3 is 10.6 Å². The van der Waals surface area contributed by atoms with E-state index in [-0.39, 0.29) is 0 Å². The highest BCUT2D eigenvalue weighted by Crippen LogP contribution is 2.20. The maximum atomic E-state index is 4.49. The third-order valence-corrected chi connectivity index (χ3v) is 3.29. The van der Waals surface area contributed by atoms with Crippen molar-refractivity contribution in [1.29, 1.82) is 0 Å². The molecule has 1 unspecified atom stereocenters. The van der Waals surface area contributed by atoms with Crippen molar-refractivity contribution in [3.8, 4) is 0 Å². The summed E-state index contributed by atoms with van der Waals surface area (Å²) in [7, 11) is 0. The van der Waals surface area contributed by atoms with E-state index in [9.17, 15) is 0 Å². The molecule has 1 heterocycles. The summed E-state index contributed by atoms with van der Waals surface area (Å²) >= 11 is 0. The zero-order chi connectivity index (χ0) is 14.5. The second-order valence-electron chi connectivity index (χ2n) is 5.16. The van der Waals surface area contributed by atoms with Gasteiger partial charge in [-0.1, -0.05) is 24.6 Å². The van der Waals surface area contributed by atoms with Gasteiger partial charge in [-0.2, -0.15) is 4.98 Å². The van der Waals surface area contributed by atoms with Gasteiger partial charge in [0.1, 0.15) is 5.82 Å². The number of anilines is 3. The maximum Gasteiger partial charge on any atom is 0.229 e. The van der Waals surface area contributed by atoms with E-state index in [1.807, 2.05) is 6.07 Å². The lowest BCUT2D eigenvalue weighted by Gasteiger charge is -2.13. The minimum absolute atomic E-state index is 0.402. The number of hydrogen-bond acceptors (Lipinski definition) is 4. The van der Waals surface area contributed by atoms with E-state index in [2.05, 4.69) is 66.5 Å². The third-order valence-electron chi connectivity index (χ3n) is 3.29. The van der Waals surface area contributed by atoms with E-state index in [4.69, 9.17) is 0 Å². The Morgan fingerprint density at radius 2 is 2.00 bits per heavy atom. The van der Waals surface area contributed by atoms with Gasteiger partial charge in [0.15, 0.2) is 0 Å². The molecule has 2 N–H and O–H groups in total. The summed E-state index contributed by atoms with van der Waals surface area (Å²) in [5.74, 6) is 1.46. The SMILES string of the molecule is CCC(C)Nc1ccnc(Nc2ccc(C)cc2C)n1. The summed E-state index contributed by atoms with van der Waals surface area (Å²) in [5, 5.41) is 6.62. The molecule has 0 spiro atoms. The molecule has 4 heteroatoms. The third kappa shape index (κ3) is 3.70. The smallest absolute Gasteiger partial charge is 0.229 e. The maximum absolute atomic E-state index is 4.49. The largest absolute Gasteiger partial charge is 0.367 e. The van der Waals surface area contributed by atoms with Crippen LogP contribution in [0.4, 0.5) is 17.5 Å². The molecule has 0 fully saturated rings. The van der Waals surface area contributed by atoms with Gasteiger partial charge in [-0.25, -0.2) is 4.98 Å².